The Bertz CT molecular complexity index is 529. The first kappa shape index (κ1) is 15.2. The molecule has 1 aliphatic rings. The summed E-state index contributed by atoms with van der Waals surface area (Å²) in [6.07, 6.45) is 1.72. The number of hydrogen-bond acceptors (Lipinski definition) is 4. The van der Waals surface area contributed by atoms with Crippen LogP contribution in [-0.2, 0) is 16.0 Å². The van der Waals surface area contributed by atoms with Gasteiger partial charge in [-0.1, -0.05) is 0 Å². The van der Waals surface area contributed by atoms with Crippen LogP contribution in [0.25, 0.3) is 0 Å². The molecule has 0 aromatic heterocycles. The number of carboxylic acid groups (broad SMARTS) is 1. The summed E-state index contributed by atoms with van der Waals surface area (Å²) in [5, 5.41) is 11.6. The molecule has 0 spiro atoms. The Hall–Kier alpha value is -2.24. The fraction of sp³-hybridized carbons (Fsp3) is 0.467. The summed E-state index contributed by atoms with van der Waals surface area (Å²) >= 11 is 0. The average Bonchev–Trinajstić information content (AvgIpc) is 3.25. The van der Waals surface area contributed by atoms with Crippen LogP contribution in [0.1, 0.15) is 24.8 Å². The summed E-state index contributed by atoms with van der Waals surface area (Å²) in [5.74, 6) is 0.110. The first-order valence-corrected chi connectivity index (χ1v) is 6.75. The molecule has 1 saturated carbocycles. The highest BCUT2D eigenvalue weighted by atomic mass is 16.5. The van der Waals surface area contributed by atoms with E-state index in [1.54, 1.807) is 20.3 Å². The molecule has 1 aromatic rings. The number of nitrogens with one attached hydrogen (secondary N) is 1. The quantitative estimate of drug-likeness (QED) is 0.793. The number of methoxy groups -OCH3 is 2. The molecule has 1 aromatic carbocycles. The maximum absolute atomic E-state index is 11.8. The topological polar surface area (TPSA) is 84.9 Å². The van der Waals surface area contributed by atoms with Gasteiger partial charge in [0.1, 0.15) is 17.0 Å². The van der Waals surface area contributed by atoms with Gasteiger partial charge in [0, 0.05) is 12.5 Å². The fourth-order valence-corrected chi connectivity index (χ4v) is 2.12. The summed E-state index contributed by atoms with van der Waals surface area (Å²) in [5.41, 5.74) is -0.120. The molecule has 1 fully saturated rings. The summed E-state index contributed by atoms with van der Waals surface area (Å²) in [6, 6.07) is 5.42. The predicted octanol–water partition coefficient (Wildman–Crippen LogP) is 1.37. The van der Waals surface area contributed by atoms with Crippen molar-refractivity contribution in [3.05, 3.63) is 23.8 Å². The number of amides is 1. The van der Waals surface area contributed by atoms with Crippen LogP contribution in [0.15, 0.2) is 18.2 Å². The highest BCUT2D eigenvalue weighted by Gasteiger charge is 2.51. The highest BCUT2D eigenvalue weighted by Crippen LogP contribution is 2.35. The van der Waals surface area contributed by atoms with E-state index in [0.29, 0.717) is 30.8 Å². The summed E-state index contributed by atoms with van der Waals surface area (Å²) in [7, 11) is 3.13. The Morgan fingerprint density at radius 1 is 1.19 bits per heavy atom. The zero-order valence-corrected chi connectivity index (χ0v) is 12.1. The molecule has 0 heterocycles. The number of benzene rings is 1. The van der Waals surface area contributed by atoms with Crippen molar-refractivity contribution in [1.82, 2.24) is 5.32 Å². The van der Waals surface area contributed by atoms with E-state index in [-0.39, 0.29) is 12.3 Å². The van der Waals surface area contributed by atoms with Crippen molar-refractivity contribution >= 4 is 11.9 Å². The van der Waals surface area contributed by atoms with Gasteiger partial charge in [-0.05, 0) is 37.0 Å². The van der Waals surface area contributed by atoms with Crippen LogP contribution in [0.4, 0.5) is 0 Å². The minimum absolute atomic E-state index is 0.228. The third kappa shape index (κ3) is 3.65. The van der Waals surface area contributed by atoms with Crippen molar-refractivity contribution < 1.29 is 24.2 Å². The maximum atomic E-state index is 11.8. The van der Waals surface area contributed by atoms with Crippen LogP contribution < -0.4 is 14.8 Å². The Kier molecular flexibility index (Phi) is 4.35. The van der Waals surface area contributed by atoms with Gasteiger partial charge in [-0.2, -0.15) is 0 Å². The maximum Gasteiger partial charge on any atom is 0.329 e. The zero-order valence-electron chi connectivity index (χ0n) is 12.1. The van der Waals surface area contributed by atoms with Crippen LogP contribution in [-0.4, -0.2) is 36.7 Å². The largest absolute Gasteiger partial charge is 0.497 e. The minimum atomic E-state index is -1.02. The lowest BCUT2D eigenvalue weighted by Crippen LogP contribution is -2.43. The second kappa shape index (κ2) is 6.03. The lowest BCUT2D eigenvalue weighted by molar-refractivity contribution is -0.143. The number of carbonyl (C=O) groups excluding carboxylic acids is 1. The molecule has 1 aliphatic carbocycles. The van der Waals surface area contributed by atoms with Gasteiger partial charge in [0.15, 0.2) is 0 Å². The summed E-state index contributed by atoms with van der Waals surface area (Å²) in [4.78, 5) is 22.9. The van der Waals surface area contributed by atoms with E-state index in [2.05, 4.69) is 5.32 Å². The SMILES string of the molecule is COc1cc(CCC(=O)NC2(C(=O)O)CC2)cc(OC)c1. The van der Waals surface area contributed by atoms with Gasteiger partial charge >= 0.3 is 5.97 Å². The molecule has 2 rings (SSSR count). The van der Waals surface area contributed by atoms with E-state index in [4.69, 9.17) is 14.6 Å². The molecule has 0 atom stereocenters. The summed E-state index contributed by atoms with van der Waals surface area (Å²) in [6.45, 7) is 0. The standard InChI is InChI=1S/C15H19NO5/c1-20-11-7-10(8-12(9-11)21-2)3-4-13(17)16-15(5-6-15)14(18)19/h7-9H,3-6H2,1-2H3,(H,16,17)(H,18,19). The van der Waals surface area contributed by atoms with E-state index >= 15 is 0 Å². The third-order valence-corrected chi connectivity index (χ3v) is 3.59. The molecule has 0 radical (unpaired) electrons. The molecular weight excluding hydrogens is 274 g/mol. The van der Waals surface area contributed by atoms with Gasteiger partial charge in [0.2, 0.25) is 5.91 Å². The van der Waals surface area contributed by atoms with E-state index in [1.807, 2.05) is 12.1 Å². The van der Waals surface area contributed by atoms with Crippen LogP contribution in [0, 0.1) is 0 Å². The van der Waals surface area contributed by atoms with Crippen molar-refractivity contribution in [3.63, 3.8) is 0 Å². The molecule has 0 unspecified atom stereocenters. The van der Waals surface area contributed by atoms with Gasteiger partial charge in [0.05, 0.1) is 14.2 Å². The molecule has 21 heavy (non-hydrogen) atoms. The monoisotopic (exact) mass is 293 g/mol. The second-order valence-electron chi connectivity index (χ2n) is 5.16. The minimum Gasteiger partial charge on any atom is -0.497 e. The van der Waals surface area contributed by atoms with Crippen LogP contribution in [0.3, 0.4) is 0 Å². The van der Waals surface area contributed by atoms with Crippen molar-refractivity contribution in [2.75, 3.05) is 14.2 Å². The van der Waals surface area contributed by atoms with Gasteiger partial charge in [-0.25, -0.2) is 4.79 Å². The summed E-state index contributed by atoms with van der Waals surface area (Å²) < 4.78 is 10.3. The molecule has 0 bridgehead atoms. The van der Waals surface area contributed by atoms with E-state index < -0.39 is 11.5 Å². The van der Waals surface area contributed by atoms with Crippen LogP contribution >= 0.6 is 0 Å². The fourth-order valence-electron chi connectivity index (χ4n) is 2.12. The first-order valence-electron chi connectivity index (χ1n) is 6.75. The van der Waals surface area contributed by atoms with E-state index in [0.717, 1.165) is 5.56 Å². The van der Waals surface area contributed by atoms with Crippen LogP contribution in [0.2, 0.25) is 0 Å². The van der Waals surface area contributed by atoms with Crippen LogP contribution in [0.5, 0.6) is 11.5 Å². The third-order valence-electron chi connectivity index (χ3n) is 3.59. The zero-order chi connectivity index (χ0) is 15.5. The van der Waals surface area contributed by atoms with Gasteiger partial charge in [0.25, 0.3) is 0 Å². The number of hydrogen-bond donors (Lipinski definition) is 2. The van der Waals surface area contributed by atoms with Gasteiger partial charge < -0.3 is 19.9 Å². The Morgan fingerprint density at radius 3 is 2.19 bits per heavy atom. The lowest BCUT2D eigenvalue weighted by atomic mass is 10.1. The second-order valence-corrected chi connectivity index (χ2v) is 5.16. The molecule has 1 amide bonds. The Labute approximate surface area is 123 Å². The number of rotatable bonds is 7. The molecule has 0 aliphatic heterocycles. The van der Waals surface area contributed by atoms with Crippen molar-refractivity contribution in [2.24, 2.45) is 0 Å². The first-order chi connectivity index (χ1) is 9.99. The smallest absolute Gasteiger partial charge is 0.329 e. The number of carbonyl (C=O) groups is 2. The molecule has 2 N–H and O–H groups in total. The van der Waals surface area contributed by atoms with Gasteiger partial charge in [-0.3, -0.25) is 4.79 Å². The number of ether oxygens (including phenoxy) is 2. The van der Waals surface area contributed by atoms with Crippen molar-refractivity contribution in [3.8, 4) is 11.5 Å². The Balaban J connectivity index is 1.93. The predicted molar refractivity (Wildman–Crippen MR) is 75.6 cm³/mol. The molecule has 0 saturated heterocycles. The average molecular weight is 293 g/mol. The van der Waals surface area contributed by atoms with Crippen molar-refractivity contribution in [1.29, 1.82) is 0 Å². The van der Waals surface area contributed by atoms with E-state index in [1.165, 1.54) is 0 Å². The highest BCUT2D eigenvalue weighted by molar-refractivity contribution is 5.89. The Morgan fingerprint density at radius 2 is 1.76 bits per heavy atom. The van der Waals surface area contributed by atoms with E-state index in [9.17, 15) is 9.59 Å². The molecule has 114 valence electrons. The number of carboxylic acids is 1. The number of aryl methyl sites for hydroxylation is 1. The van der Waals surface area contributed by atoms with Crippen molar-refractivity contribution in [2.45, 2.75) is 31.2 Å². The van der Waals surface area contributed by atoms with Gasteiger partial charge in [-0.15, -0.1) is 0 Å². The molecule has 6 heteroatoms. The molecular formula is C15H19NO5. The number of aliphatic carboxylic acids is 1. The lowest BCUT2D eigenvalue weighted by Gasteiger charge is -2.13. The molecule has 6 nitrogen and oxygen atoms in total. The normalized spacial score (nSPS) is 15.1.